The summed E-state index contributed by atoms with van der Waals surface area (Å²) in [7, 11) is 0. The average molecular weight is 834 g/mol. The number of amides is 8. The fourth-order valence-corrected chi connectivity index (χ4v) is 7.37. The normalized spacial score (nSPS) is 26.3. The highest BCUT2D eigenvalue weighted by atomic mass is 16.4. The Morgan fingerprint density at radius 2 is 1.25 bits per heavy atom. The van der Waals surface area contributed by atoms with Gasteiger partial charge >= 0.3 is 5.97 Å². The highest BCUT2D eigenvalue weighted by Gasteiger charge is 2.44. The number of carbonyl (C=O) groups excluding carboxylic acids is 8. The van der Waals surface area contributed by atoms with Crippen molar-refractivity contribution in [2.24, 2.45) is 22.6 Å². The van der Waals surface area contributed by atoms with Crippen molar-refractivity contribution in [3.63, 3.8) is 0 Å². The fraction of sp³-hybridized carbons (Fsp3) is 0.737. The van der Waals surface area contributed by atoms with Crippen LogP contribution in [0.2, 0.25) is 0 Å². The lowest BCUT2D eigenvalue weighted by Crippen LogP contribution is -2.59. The summed E-state index contributed by atoms with van der Waals surface area (Å²) < 4.78 is 0. The molecule has 0 aromatic heterocycles. The van der Waals surface area contributed by atoms with E-state index in [0.29, 0.717) is 32.2 Å². The molecule has 0 aromatic carbocycles. The maximum Gasteiger partial charge on any atom is 0.305 e. The Morgan fingerprint density at radius 3 is 1.85 bits per heavy atom. The van der Waals surface area contributed by atoms with Crippen LogP contribution in [0.5, 0.6) is 0 Å². The van der Waals surface area contributed by atoms with Gasteiger partial charge in [-0.05, 0) is 70.1 Å². The van der Waals surface area contributed by atoms with Gasteiger partial charge in [0.2, 0.25) is 47.3 Å². The molecular weight excluding hydrogens is 770 g/mol. The summed E-state index contributed by atoms with van der Waals surface area (Å²) in [6, 6.07) is -7.05. The minimum Gasteiger partial charge on any atom is -0.481 e. The molecule has 0 bridgehead atoms. The SMILES string of the molecule is CCNC(N)=NCCC[C@@H]1NC(=O)[C@H](CC(C)C)NC(=O)CNC(=O)[C@@H]2CCCN2C(=O)[C@H]2CCCN2C(=O)[C@H](CC(C)C)NC(=O)[C@H](CC(=O)O)NC(=O)CNC1=O. The first-order chi connectivity index (χ1) is 27.9. The Bertz CT molecular complexity index is 1590. The highest BCUT2D eigenvalue weighted by Crippen LogP contribution is 2.26. The smallest absolute Gasteiger partial charge is 0.305 e. The van der Waals surface area contributed by atoms with E-state index in [0.717, 1.165) is 0 Å². The van der Waals surface area contributed by atoms with Crippen LogP contribution in [0.15, 0.2) is 4.99 Å². The molecule has 3 heterocycles. The van der Waals surface area contributed by atoms with Crippen LogP contribution in [-0.4, -0.2) is 150 Å². The van der Waals surface area contributed by atoms with E-state index < -0.39 is 109 Å². The van der Waals surface area contributed by atoms with Crippen molar-refractivity contribution in [2.75, 3.05) is 39.3 Å². The fourth-order valence-electron chi connectivity index (χ4n) is 7.37. The molecule has 3 saturated heterocycles. The second-order valence-electron chi connectivity index (χ2n) is 16.0. The molecule has 3 fully saturated rings. The third kappa shape index (κ3) is 15.0. The number of nitrogens with zero attached hydrogens (tertiary/aromatic N) is 3. The van der Waals surface area contributed by atoms with Crippen molar-refractivity contribution >= 4 is 59.2 Å². The predicted molar refractivity (Wildman–Crippen MR) is 214 cm³/mol. The molecule has 0 radical (unpaired) electrons. The first-order valence-corrected chi connectivity index (χ1v) is 20.5. The van der Waals surface area contributed by atoms with E-state index in [9.17, 15) is 48.3 Å². The van der Waals surface area contributed by atoms with Gasteiger partial charge in [0.25, 0.3) is 0 Å². The van der Waals surface area contributed by atoms with E-state index in [-0.39, 0.29) is 63.1 Å². The van der Waals surface area contributed by atoms with Crippen LogP contribution in [-0.2, 0) is 43.2 Å². The van der Waals surface area contributed by atoms with E-state index in [1.54, 1.807) is 0 Å². The molecule has 0 aromatic rings. The molecule has 3 rings (SSSR count). The van der Waals surface area contributed by atoms with Gasteiger partial charge in [0.05, 0.1) is 19.5 Å². The molecular formula is C38H63N11O10. The number of hydrogen-bond acceptors (Lipinski definition) is 10. The van der Waals surface area contributed by atoms with Crippen molar-refractivity contribution < 1.29 is 48.3 Å². The molecule has 21 heteroatoms. The van der Waals surface area contributed by atoms with Crippen molar-refractivity contribution in [3.05, 3.63) is 0 Å². The maximum absolute atomic E-state index is 14.1. The molecule has 0 aliphatic carbocycles. The van der Waals surface area contributed by atoms with E-state index >= 15 is 0 Å². The number of aliphatic imine (C=N–C) groups is 1. The topological polar surface area (TPSA) is 303 Å². The van der Waals surface area contributed by atoms with Crippen LogP contribution in [0.3, 0.4) is 0 Å². The Kier molecular flexibility index (Phi) is 18.8. The third-order valence-corrected chi connectivity index (χ3v) is 10.1. The molecule has 3 aliphatic heterocycles. The zero-order valence-corrected chi connectivity index (χ0v) is 34.8. The number of hydrogen-bond donors (Lipinski definition) is 9. The zero-order chi connectivity index (χ0) is 43.8. The second kappa shape index (κ2) is 23.2. The van der Waals surface area contributed by atoms with Crippen molar-refractivity contribution in [3.8, 4) is 0 Å². The van der Waals surface area contributed by atoms with E-state index in [4.69, 9.17) is 5.73 Å². The molecule has 21 nitrogen and oxygen atoms in total. The largest absolute Gasteiger partial charge is 0.481 e. The van der Waals surface area contributed by atoms with Gasteiger partial charge in [-0.1, -0.05) is 27.7 Å². The highest BCUT2D eigenvalue weighted by molar-refractivity contribution is 5.98. The average Bonchev–Trinajstić information content (AvgIpc) is 3.86. The van der Waals surface area contributed by atoms with Gasteiger partial charge in [-0.15, -0.1) is 0 Å². The van der Waals surface area contributed by atoms with Gasteiger partial charge in [0.1, 0.15) is 36.3 Å². The molecule has 8 amide bonds. The van der Waals surface area contributed by atoms with E-state index in [1.807, 2.05) is 34.6 Å². The number of guanidine groups is 1. The molecule has 0 spiro atoms. The number of carboxylic acid groups (broad SMARTS) is 1. The Labute approximate surface area is 344 Å². The number of carboxylic acids is 1. The first-order valence-electron chi connectivity index (χ1n) is 20.5. The van der Waals surface area contributed by atoms with Crippen LogP contribution in [0, 0.1) is 11.8 Å². The van der Waals surface area contributed by atoms with Crippen LogP contribution in [0.25, 0.3) is 0 Å². The number of fused-ring (bicyclic) bond motifs is 2. The van der Waals surface area contributed by atoms with Gasteiger partial charge in [-0.3, -0.25) is 48.1 Å². The Morgan fingerprint density at radius 1 is 0.729 bits per heavy atom. The lowest BCUT2D eigenvalue weighted by Gasteiger charge is -2.33. The maximum atomic E-state index is 14.1. The van der Waals surface area contributed by atoms with E-state index in [2.05, 4.69) is 42.2 Å². The summed E-state index contributed by atoms with van der Waals surface area (Å²) in [5.41, 5.74) is 5.81. The minimum atomic E-state index is -1.65. The van der Waals surface area contributed by atoms with Gasteiger partial charge in [0, 0.05) is 26.2 Å². The Hall–Kier alpha value is -5.50. The summed E-state index contributed by atoms with van der Waals surface area (Å²) in [5, 5.41) is 27.7. The van der Waals surface area contributed by atoms with Gasteiger partial charge in [-0.2, -0.15) is 0 Å². The summed E-state index contributed by atoms with van der Waals surface area (Å²) >= 11 is 0. The number of rotatable bonds is 11. The van der Waals surface area contributed by atoms with Crippen LogP contribution >= 0.6 is 0 Å². The van der Waals surface area contributed by atoms with Crippen molar-refractivity contribution in [2.45, 2.75) is 129 Å². The quantitative estimate of drug-likeness (QED) is 0.0590. The standard InChI is InChI=1S/C38H63N11O10/c1-6-40-38(39)41-13-7-10-23-32(54)42-19-29(50)45-25(18-31(52)53)34(56)47-26(17-22(4)5)36(58)49-15-9-12-28(49)37(59)48-14-8-11-27(48)35(57)43-20-30(51)44-24(16-21(2)3)33(55)46-23/h21-28H,6-20H2,1-5H3,(H,42,54)(H,43,57)(H,44,51)(H,45,50)(H,46,55)(H,47,56)(H,52,53)(H3,39,40,41)/t23-,24-,25-,26-,27-,28+/m0/s1. The molecule has 0 unspecified atom stereocenters. The van der Waals surface area contributed by atoms with Crippen molar-refractivity contribution in [1.29, 1.82) is 0 Å². The number of nitrogens with one attached hydrogen (secondary N) is 7. The molecule has 6 atom stereocenters. The Balaban J connectivity index is 1.97. The molecule has 0 saturated carbocycles. The number of aliphatic carboxylic acids is 1. The minimum absolute atomic E-state index is 0.0320. The number of nitrogens with two attached hydrogens (primary N) is 1. The van der Waals surface area contributed by atoms with Crippen molar-refractivity contribution in [1.82, 2.24) is 47.0 Å². The summed E-state index contributed by atoms with van der Waals surface area (Å²) in [6.45, 7) is 9.07. The predicted octanol–water partition coefficient (Wildman–Crippen LogP) is -2.58. The monoisotopic (exact) mass is 833 g/mol. The molecule has 3 aliphatic rings. The molecule has 10 N–H and O–H groups in total. The van der Waals surface area contributed by atoms with Gasteiger partial charge in [0.15, 0.2) is 5.96 Å². The van der Waals surface area contributed by atoms with Crippen LogP contribution < -0.4 is 43.0 Å². The second-order valence-corrected chi connectivity index (χ2v) is 16.0. The lowest BCUT2D eigenvalue weighted by molar-refractivity contribution is -0.148. The number of carbonyl (C=O) groups is 9. The van der Waals surface area contributed by atoms with E-state index in [1.165, 1.54) is 9.80 Å². The zero-order valence-electron chi connectivity index (χ0n) is 34.8. The van der Waals surface area contributed by atoms with Gasteiger partial charge in [-0.25, -0.2) is 0 Å². The summed E-state index contributed by atoms with van der Waals surface area (Å²) in [6.07, 6.45) is 1.34. The summed E-state index contributed by atoms with van der Waals surface area (Å²) in [5.74, 6) is -7.12. The summed E-state index contributed by atoms with van der Waals surface area (Å²) in [4.78, 5) is 128. The first kappa shape index (κ1) is 47.9. The third-order valence-electron chi connectivity index (χ3n) is 10.1. The van der Waals surface area contributed by atoms with Crippen LogP contribution in [0.4, 0.5) is 0 Å². The molecule has 330 valence electrons. The molecule has 59 heavy (non-hydrogen) atoms. The lowest BCUT2D eigenvalue weighted by atomic mass is 10.0. The van der Waals surface area contributed by atoms with Gasteiger partial charge < -0.3 is 57.9 Å². The van der Waals surface area contributed by atoms with Crippen LogP contribution in [0.1, 0.15) is 92.4 Å².